The van der Waals surface area contributed by atoms with Crippen molar-refractivity contribution in [3.05, 3.63) is 35.4 Å². The van der Waals surface area contributed by atoms with E-state index < -0.39 is 5.97 Å². The number of carbonyl (C=O) groups excluding carboxylic acids is 1. The maximum atomic E-state index is 11.9. The van der Waals surface area contributed by atoms with Gasteiger partial charge < -0.3 is 15.2 Å². The quantitative estimate of drug-likeness (QED) is 0.839. The molecule has 114 valence electrons. The van der Waals surface area contributed by atoms with Gasteiger partial charge in [-0.1, -0.05) is 12.1 Å². The van der Waals surface area contributed by atoms with Crippen molar-refractivity contribution in [3.8, 4) is 0 Å². The van der Waals surface area contributed by atoms with Crippen molar-refractivity contribution in [2.75, 3.05) is 13.2 Å². The lowest BCUT2D eigenvalue weighted by atomic mass is 10.0. The number of hydrogen-bond donors (Lipinski definition) is 2. The standard InChI is InChI=1S/C16H21NO4/c1-11(14-8-9-21-10-14)17-15(18)7-4-12-2-5-13(6-3-12)16(19)20/h2-3,5-6,11,14H,4,7-10H2,1H3,(H,17,18)(H,19,20)/t11-,14+/m0/s1. The lowest BCUT2D eigenvalue weighted by Crippen LogP contribution is -2.38. The Morgan fingerprint density at radius 1 is 1.38 bits per heavy atom. The summed E-state index contributed by atoms with van der Waals surface area (Å²) in [6.07, 6.45) is 2.02. The van der Waals surface area contributed by atoms with Gasteiger partial charge in [-0.2, -0.15) is 0 Å². The minimum absolute atomic E-state index is 0.0247. The Bertz CT molecular complexity index is 492. The fourth-order valence-corrected chi connectivity index (χ4v) is 2.46. The third-order valence-corrected chi connectivity index (χ3v) is 3.90. The summed E-state index contributed by atoms with van der Waals surface area (Å²) in [5.41, 5.74) is 1.23. The first kappa shape index (κ1) is 15.5. The van der Waals surface area contributed by atoms with E-state index in [1.54, 1.807) is 24.3 Å². The average Bonchev–Trinajstić information content (AvgIpc) is 3.00. The zero-order chi connectivity index (χ0) is 15.2. The number of carboxylic acids is 1. The molecule has 0 aromatic heterocycles. The summed E-state index contributed by atoms with van der Waals surface area (Å²) < 4.78 is 5.32. The number of ether oxygens (including phenoxy) is 1. The summed E-state index contributed by atoms with van der Waals surface area (Å²) in [4.78, 5) is 22.7. The van der Waals surface area contributed by atoms with Crippen molar-refractivity contribution in [2.24, 2.45) is 5.92 Å². The van der Waals surface area contributed by atoms with E-state index in [2.05, 4.69) is 5.32 Å². The molecule has 5 nitrogen and oxygen atoms in total. The van der Waals surface area contributed by atoms with Gasteiger partial charge in [0.2, 0.25) is 5.91 Å². The molecule has 1 aromatic carbocycles. The Kier molecular flexibility index (Phi) is 5.33. The highest BCUT2D eigenvalue weighted by atomic mass is 16.5. The maximum Gasteiger partial charge on any atom is 0.335 e. The second-order valence-electron chi connectivity index (χ2n) is 5.48. The number of nitrogens with one attached hydrogen (secondary N) is 1. The molecule has 2 atom stereocenters. The van der Waals surface area contributed by atoms with Crippen LogP contribution in [0.1, 0.15) is 35.7 Å². The molecule has 2 rings (SSSR count). The second-order valence-corrected chi connectivity index (χ2v) is 5.48. The van der Waals surface area contributed by atoms with Gasteiger partial charge in [-0.25, -0.2) is 4.79 Å². The van der Waals surface area contributed by atoms with E-state index in [0.29, 0.717) is 18.8 Å². The smallest absolute Gasteiger partial charge is 0.335 e. The highest BCUT2D eigenvalue weighted by molar-refractivity contribution is 5.87. The summed E-state index contributed by atoms with van der Waals surface area (Å²) in [6.45, 7) is 3.51. The third kappa shape index (κ3) is 4.56. The molecule has 21 heavy (non-hydrogen) atoms. The van der Waals surface area contributed by atoms with Crippen molar-refractivity contribution in [1.82, 2.24) is 5.32 Å². The van der Waals surface area contributed by atoms with E-state index in [0.717, 1.165) is 25.2 Å². The molecule has 0 aliphatic carbocycles. The summed E-state index contributed by atoms with van der Waals surface area (Å²) in [7, 11) is 0. The summed E-state index contributed by atoms with van der Waals surface area (Å²) >= 11 is 0. The van der Waals surface area contributed by atoms with Crippen LogP contribution in [0.4, 0.5) is 0 Å². The van der Waals surface area contributed by atoms with Crippen LogP contribution in [-0.2, 0) is 16.0 Å². The maximum absolute atomic E-state index is 11.9. The van der Waals surface area contributed by atoms with Crippen LogP contribution in [0, 0.1) is 5.92 Å². The van der Waals surface area contributed by atoms with Crippen LogP contribution in [0.25, 0.3) is 0 Å². The molecule has 1 aliphatic rings. The molecule has 0 bridgehead atoms. The number of aromatic carboxylic acids is 1. The van der Waals surface area contributed by atoms with Crippen molar-refractivity contribution >= 4 is 11.9 Å². The van der Waals surface area contributed by atoms with Crippen LogP contribution in [-0.4, -0.2) is 36.2 Å². The Morgan fingerprint density at radius 2 is 2.10 bits per heavy atom. The molecule has 0 spiro atoms. The number of amides is 1. The molecule has 1 saturated heterocycles. The third-order valence-electron chi connectivity index (χ3n) is 3.90. The van der Waals surface area contributed by atoms with Gasteiger partial charge in [0.25, 0.3) is 0 Å². The molecule has 0 radical (unpaired) electrons. The van der Waals surface area contributed by atoms with Crippen LogP contribution >= 0.6 is 0 Å². The molecule has 1 heterocycles. The molecule has 1 amide bonds. The monoisotopic (exact) mass is 291 g/mol. The molecular formula is C16H21NO4. The topological polar surface area (TPSA) is 75.6 Å². The lowest BCUT2D eigenvalue weighted by Gasteiger charge is -2.19. The van der Waals surface area contributed by atoms with E-state index in [4.69, 9.17) is 9.84 Å². The number of carbonyl (C=O) groups is 2. The molecule has 1 aromatic rings. The van der Waals surface area contributed by atoms with E-state index in [1.807, 2.05) is 6.92 Å². The van der Waals surface area contributed by atoms with Crippen LogP contribution in [0.5, 0.6) is 0 Å². The van der Waals surface area contributed by atoms with Crippen molar-refractivity contribution in [2.45, 2.75) is 32.2 Å². The SMILES string of the molecule is C[C@H](NC(=O)CCc1ccc(C(=O)O)cc1)[C@@H]1CCOC1. The summed E-state index contributed by atoms with van der Waals surface area (Å²) in [6, 6.07) is 6.77. The number of aryl methyl sites for hydroxylation is 1. The molecule has 0 unspecified atom stereocenters. The van der Waals surface area contributed by atoms with Gasteiger partial charge >= 0.3 is 5.97 Å². The first-order valence-electron chi connectivity index (χ1n) is 7.25. The van der Waals surface area contributed by atoms with Gasteiger partial charge in [0.15, 0.2) is 0 Å². The summed E-state index contributed by atoms with van der Waals surface area (Å²) in [5.74, 6) is -0.507. The molecular weight excluding hydrogens is 270 g/mol. The van der Waals surface area contributed by atoms with Gasteiger partial charge in [-0.15, -0.1) is 0 Å². The van der Waals surface area contributed by atoms with Crippen molar-refractivity contribution in [3.63, 3.8) is 0 Å². The Balaban J connectivity index is 1.76. The zero-order valence-electron chi connectivity index (χ0n) is 12.2. The fourth-order valence-electron chi connectivity index (χ4n) is 2.46. The molecule has 1 fully saturated rings. The fraction of sp³-hybridized carbons (Fsp3) is 0.500. The lowest BCUT2D eigenvalue weighted by molar-refractivity contribution is -0.122. The van der Waals surface area contributed by atoms with E-state index >= 15 is 0 Å². The average molecular weight is 291 g/mol. The van der Waals surface area contributed by atoms with Crippen LogP contribution < -0.4 is 5.32 Å². The highest BCUT2D eigenvalue weighted by Gasteiger charge is 2.23. The second kappa shape index (κ2) is 7.22. The minimum Gasteiger partial charge on any atom is -0.478 e. The highest BCUT2D eigenvalue weighted by Crippen LogP contribution is 2.16. The number of benzene rings is 1. The Labute approximate surface area is 124 Å². The number of carboxylic acid groups (broad SMARTS) is 1. The molecule has 5 heteroatoms. The van der Waals surface area contributed by atoms with E-state index in [1.165, 1.54) is 0 Å². The van der Waals surface area contributed by atoms with E-state index in [9.17, 15) is 9.59 Å². The van der Waals surface area contributed by atoms with Crippen molar-refractivity contribution < 1.29 is 19.4 Å². The zero-order valence-corrected chi connectivity index (χ0v) is 12.2. The summed E-state index contributed by atoms with van der Waals surface area (Å²) in [5, 5.41) is 11.8. The van der Waals surface area contributed by atoms with Crippen LogP contribution in [0.2, 0.25) is 0 Å². The minimum atomic E-state index is -0.938. The first-order chi connectivity index (χ1) is 10.1. The number of rotatable bonds is 6. The Hall–Kier alpha value is -1.88. The van der Waals surface area contributed by atoms with E-state index in [-0.39, 0.29) is 17.5 Å². The van der Waals surface area contributed by atoms with Crippen LogP contribution in [0.3, 0.4) is 0 Å². The molecule has 0 saturated carbocycles. The predicted molar refractivity (Wildman–Crippen MR) is 78.3 cm³/mol. The van der Waals surface area contributed by atoms with Gasteiger partial charge in [0.05, 0.1) is 12.2 Å². The van der Waals surface area contributed by atoms with Gasteiger partial charge in [-0.05, 0) is 37.5 Å². The van der Waals surface area contributed by atoms with Gasteiger partial charge in [0.1, 0.15) is 0 Å². The van der Waals surface area contributed by atoms with Crippen LogP contribution in [0.15, 0.2) is 24.3 Å². The molecule has 2 N–H and O–H groups in total. The normalized spacial score (nSPS) is 19.2. The predicted octanol–water partition coefficient (Wildman–Crippen LogP) is 1.86. The van der Waals surface area contributed by atoms with Gasteiger partial charge in [-0.3, -0.25) is 4.79 Å². The van der Waals surface area contributed by atoms with Crippen molar-refractivity contribution in [1.29, 1.82) is 0 Å². The number of hydrogen-bond acceptors (Lipinski definition) is 3. The largest absolute Gasteiger partial charge is 0.478 e. The first-order valence-corrected chi connectivity index (χ1v) is 7.25. The molecule has 1 aliphatic heterocycles. The Morgan fingerprint density at radius 3 is 2.67 bits per heavy atom. The van der Waals surface area contributed by atoms with Gasteiger partial charge in [0, 0.05) is 25.0 Å².